The van der Waals surface area contributed by atoms with Gasteiger partial charge in [-0.2, -0.15) is 0 Å². The van der Waals surface area contributed by atoms with Gasteiger partial charge < -0.3 is 9.84 Å². The first-order chi connectivity index (χ1) is 8.34. The van der Waals surface area contributed by atoms with Crippen molar-refractivity contribution < 1.29 is 9.84 Å². The normalized spacial score (nSPS) is 29.5. The van der Waals surface area contributed by atoms with Crippen molar-refractivity contribution in [2.24, 2.45) is 0 Å². The van der Waals surface area contributed by atoms with E-state index >= 15 is 0 Å². The molecule has 1 rings (SSSR count). The molecule has 0 aromatic heterocycles. The molecule has 2 heteroatoms. The van der Waals surface area contributed by atoms with E-state index in [1.165, 1.54) is 44.9 Å². The van der Waals surface area contributed by atoms with Crippen LogP contribution in [0.4, 0.5) is 0 Å². The molecule has 1 fully saturated rings. The van der Waals surface area contributed by atoms with Crippen LogP contribution in [0.3, 0.4) is 0 Å². The number of ether oxygens (including phenoxy) is 1. The molecule has 100 valence electrons. The van der Waals surface area contributed by atoms with Gasteiger partial charge >= 0.3 is 0 Å². The molecule has 0 amide bonds. The maximum Gasteiger partial charge on any atom is 0.124 e. The molecule has 1 aliphatic rings. The topological polar surface area (TPSA) is 29.5 Å². The van der Waals surface area contributed by atoms with Crippen LogP contribution >= 0.6 is 0 Å². The number of allylic oxidation sites excluding steroid dienone is 1. The fraction of sp³-hybridized carbons (Fsp3) is 0.867. The van der Waals surface area contributed by atoms with Gasteiger partial charge in [0.15, 0.2) is 0 Å². The molecule has 0 aliphatic heterocycles. The summed E-state index contributed by atoms with van der Waals surface area (Å²) in [5, 5.41) is 10.1. The molecule has 0 spiro atoms. The van der Waals surface area contributed by atoms with Gasteiger partial charge in [-0.15, -0.1) is 0 Å². The van der Waals surface area contributed by atoms with Crippen molar-refractivity contribution in [3.63, 3.8) is 0 Å². The van der Waals surface area contributed by atoms with Gasteiger partial charge in [0.25, 0.3) is 0 Å². The number of aliphatic hydroxyl groups excluding tert-OH is 1. The van der Waals surface area contributed by atoms with E-state index in [1.807, 2.05) is 13.0 Å². The van der Waals surface area contributed by atoms with Gasteiger partial charge in [-0.25, -0.2) is 0 Å². The molecule has 2 nitrogen and oxygen atoms in total. The van der Waals surface area contributed by atoms with E-state index in [4.69, 9.17) is 4.74 Å². The third-order valence-electron chi connectivity index (χ3n) is 3.56. The lowest BCUT2D eigenvalue weighted by molar-refractivity contribution is -0.00312. The monoisotopic (exact) mass is 240 g/mol. The maximum atomic E-state index is 10.1. The van der Waals surface area contributed by atoms with Gasteiger partial charge in [0.1, 0.15) is 6.10 Å². The second-order valence-corrected chi connectivity index (χ2v) is 5.12. The van der Waals surface area contributed by atoms with Crippen LogP contribution in [-0.4, -0.2) is 17.3 Å². The second kappa shape index (κ2) is 9.52. The van der Waals surface area contributed by atoms with Crippen LogP contribution in [0.5, 0.6) is 0 Å². The molecule has 1 N–H and O–H groups in total. The lowest BCUT2D eigenvalue weighted by atomic mass is 9.97. The molecule has 0 radical (unpaired) electrons. The Hall–Kier alpha value is -0.500. The Kier molecular flexibility index (Phi) is 8.16. The highest BCUT2D eigenvalue weighted by Gasteiger charge is 2.19. The number of aliphatic hydroxyl groups is 1. The first-order valence-corrected chi connectivity index (χ1v) is 7.29. The van der Waals surface area contributed by atoms with Crippen LogP contribution in [0.25, 0.3) is 0 Å². The average Bonchev–Trinajstić information content (AvgIpc) is 2.33. The number of rotatable bonds is 2. The van der Waals surface area contributed by atoms with Crippen LogP contribution in [0, 0.1) is 0 Å². The van der Waals surface area contributed by atoms with E-state index in [9.17, 15) is 5.11 Å². The summed E-state index contributed by atoms with van der Waals surface area (Å²) in [5.41, 5.74) is 0. The van der Waals surface area contributed by atoms with Crippen LogP contribution in [-0.2, 0) is 4.74 Å². The van der Waals surface area contributed by atoms with Gasteiger partial charge in [-0.3, -0.25) is 0 Å². The van der Waals surface area contributed by atoms with E-state index in [0.29, 0.717) is 0 Å². The third kappa shape index (κ3) is 6.72. The Balaban J connectivity index is 2.39. The first-order valence-electron chi connectivity index (χ1n) is 7.29. The largest absolute Gasteiger partial charge is 0.496 e. The van der Waals surface area contributed by atoms with Crippen LogP contribution < -0.4 is 0 Å². The van der Waals surface area contributed by atoms with Crippen molar-refractivity contribution in [3.05, 3.63) is 12.3 Å². The van der Waals surface area contributed by atoms with Gasteiger partial charge in [-0.1, -0.05) is 51.0 Å². The minimum absolute atomic E-state index is 0.00521. The highest BCUT2D eigenvalue weighted by atomic mass is 16.5. The maximum absolute atomic E-state index is 10.1. The molecule has 0 saturated heterocycles. The van der Waals surface area contributed by atoms with Crippen molar-refractivity contribution >= 4 is 0 Å². The fourth-order valence-electron chi connectivity index (χ4n) is 2.48. The van der Waals surface area contributed by atoms with Crippen LogP contribution in [0.1, 0.15) is 71.1 Å². The van der Waals surface area contributed by atoms with E-state index in [2.05, 4.69) is 0 Å². The molecule has 2 unspecified atom stereocenters. The Morgan fingerprint density at radius 2 is 1.41 bits per heavy atom. The lowest BCUT2D eigenvalue weighted by Crippen LogP contribution is -2.27. The minimum Gasteiger partial charge on any atom is -0.496 e. The zero-order valence-electron chi connectivity index (χ0n) is 11.2. The summed E-state index contributed by atoms with van der Waals surface area (Å²) in [5.74, 6) is 0. The molecule has 0 aromatic rings. The highest BCUT2D eigenvalue weighted by Crippen LogP contribution is 2.19. The molecule has 1 saturated carbocycles. The number of hydrogen-bond acceptors (Lipinski definition) is 2. The van der Waals surface area contributed by atoms with Gasteiger partial charge in [0.05, 0.1) is 12.4 Å². The Bertz CT molecular complexity index is 201. The summed E-state index contributed by atoms with van der Waals surface area (Å²) in [4.78, 5) is 0. The molecule has 17 heavy (non-hydrogen) atoms. The molecular formula is C15H28O2. The Morgan fingerprint density at radius 3 is 2.00 bits per heavy atom. The summed E-state index contributed by atoms with van der Waals surface area (Å²) in [6, 6.07) is 0. The van der Waals surface area contributed by atoms with Crippen molar-refractivity contribution in [1.82, 2.24) is 0 Å². The van der Waals surface area contributed by atoms with Gasteiger partial charge in [0.2, 0.25) is 0 Å². The summed E-state index contributed by atoms with van der Waals surface area (Å²) in [7, 11) is 0. The zero-order valence-corrected chi connectivity index (χ0v) is 11.2. The SMILES string of the molecule is CC=COC1CCCCCCCCCCC1O. The predicted octanol–water partition coefficient (Wildman–Crippen LogP) is 4.18. The standard InChI is InChI=1S/C15H28O2/c1-2-13-17-15-12-10-8-6-4-3-5-7-9-11-14(15)16/h2,13-16H,3-12H2,1H3. The molecule has 0 bridgehead atoms. The van der Waals surface area contributed by atoms with E-state index in [-0.39, 0.29) is 12.2 Å². The lowest BCUT2D eigenvalue weighted by Gasteiger charge is -2.23. The molecule has 2 atom stereocenters. The number of hydrogen-bond donors (Lipinski definition) is 1. The van der Waals surface area contributed by atoms with Crippen molar-refractivity contribution in [2.45, 2.75) is 83.3 Å². The zero-order chi connectivity index (χ0) is 12.3. The van der Waals surface area contributed by atoms with E-state index in [1.54, 1.807) is 6.26 Å². The van der Waals surface area contributed by atoms with Crippen molar-refractivity contribution in [3.8, 4) is 0 Å². The van der Waals surface area contributed by atoms with Gasteiger partial charge in [-0.05, 0) is 26.2 Å². The quantitative estimate of drug-likeness (QED) is 0.734. The average molecular weight is 240 g/mol. The van der Waals surface area contributed by atoms with Crippen LogP contribution in [0.15, 0.2) is 12.3 Å². The summed E-state index contributed by atoms with van der Waals surface area (Å²) < 4.78 is 5.62. The Morgan fingerprint density at radius 1 is 0.882 bits per heavy atom. The molecule has 0 heterocycles. The Labute approximate surface area is 106 Å². The summed E-state index contributed by atoms with van der Waals surface area (Å²) in [6.07, 6.45) is 15.5. The van der Waals surface area contributed by atoms with E-state index < -0.39 is 0 Å². The third-order valence-corrected chi connectivity index (χ3v) is 3.56. The second-order valence-electron chi connectivity index (χ2n) is 5.12. The highest BCUT2D eigenvalue weighted by molar-refractivity contribution is 4.75. The smallest absolute Gasteiger partial charge is 0.124 e. The van der Waals surface area contributed by atoms with Gasteiger partial charge in [0, 0.05) is 0 Å². The van der Waals surface area contributed by atoms with Crippen molar-refractivity contribution in [2.75, 3.05) is 0 Å². The van der Waals surface area contributed by atoms with Crippen LogP contribution in [0.2, 0.25) is 0 Å². The van der Waals surface area contributed by atoms with E-state index in [0.717, 1.165) is 19.3 Å². The molecule has 1 aliphatic carbocycles. The molecule has 0 aromatic carbocycles. The molecular weight excluding hydrogens is 212 g/mol. The predicted molar refractivity (Wildman–Crippen MR) is 71.9 cm³/mol. The minimum atomic E-state index is -0.286. The van der Waals surface area contributed by atoms with Crippen molar-refractivity contribution in [1.29, 1.82) is 0 Å². The first kappa shape index (κ1) is 14.6. The summed E-state index contributed by atoms with van der Waals surface area (Å²) >= 11 is 0. The fourth-order valence-corrected chi connectivity index (χ4v) is 2.48. The summed E-state index contributed by atoms with van der Waals surface area (Å²) in [6.45, 7) is 1.95.